The number of anilines is 1. The molecule has 2 aromatic rings. The highest BCUT2D eigenvalue weighted by Gasteiger charge is 2.40. The molecule has 1 saturated heterocycles. The van der Waals surface area contributed by atoms with Crippen molar-refractivity contribution < 1.29 is 9.59 Å². The lowest BCUT2D eigenvalue weighted by Crippen LogP contribution is -2.32. The molecule has 23 heavy (non-hydrogen) atoms. The molecule has 0 saturated carbocycles. The summed E-state index contributed by atoms with van der Waals surface area (Å²) < 4.78 is 1.19. The molecule has 1 aromatic carbocycles. The fraction of sp³-hybridized carbons (Fsp3) is 0.333. The van der Waals surface area contributed by atoms with Gasteiger partial charge in [-0.2, -0.15) is 0 Å². The molecule has 1 atom stereocenters. The minimum atomic E-state index is -0.227. The van der Waals surface area contributed by atoms with Gasteiger partial charge in [-0.3, -0.25) is 9.59 Å². The maximum atomic E-state index is 12.8. The Morgan fingerprint density at radius 2 is 1.91 bits per heavy atom. The van der Waals surface area contributed by atoms with E-state index in [2.05, 4.69) is 0 Å². The number of aryl methyl sites for hydroxylation is 3. The second-order valence-corrected chi connectivity index (χ2v) is 8.23. The van der Waals surface area contributed by atoms with Gasteiger partial charge in [0.2, 0.25) is 11.8 Å². The fourth-order valence-electron chi connectivity index (χ4n) is 3.11. The van der Waals surface area contributed by atoms with E-state index in [0.29, 0.717) is 12.2 Å². The fourth-order valence-corrected chi connectivity index (χ4v) is 5.01. The highest BCUT2D eigenvalue weighted by Crippen LogP contribution is 2.35. The van der Waals surface area contributed by atoms with Crippen LogP contribution < -0.4 is 4.90 Å². The van der Waals surface area contributed by atoms with E-state index in [4.69, 9.17) is 0 Å². The maximum Gasteiger partial charge on any atom is 0.238 e. The van der Waals surface area contributed by atoms with Crippen LogP contribution in [0.5, 0.6) is 0 Å². The summed E-state index contributed by atoms with van der Waals surface area (Å²) in [4.78, 5) is 26.6. The lowest BCUT2D eigenvalue weighted by atomic mass is 10.0. The highest BCUT2D eigenvalue weighted by molar-refractivity contribution is 8.01. The zero-order valence-electron chi connectivity index (χ0n) is 13.5. The number of amides is 2. The Morgan fingerprint density at radius 1 is 1.22 bits per heavy atom. The van der Waals surface area contributed by atoms with Crippen LogP contribution in [0, 0.1) is 26.7 Å². The third-order valence-corrected chi connectivity index (χ3v) is 6.31. The first-order valence-electron chi connectivity index (χ1n) is 7.58. The average Bonchev–Trinajstić information content (AvgIpc) is 3.07. The number of carbonyl (C=O) groups excluding carboxylic acids is 2. The van der Waals surface area contributed by atoms with Gasteiger partial charge >= 0.3 is 0 Å². The van der Waals surface area contributed by atoms with Crippen LogP contribution in [0.2, 0.25) is 0 Å². The van der Waals surface area contributed by atoms with E-state index in [0.717, 1.165) is 22.4 Å². The van der Waals surface area contributed by atoms with E-state index < -0.39 is 0 Å². The third-order valence-electron chi connectivity index (χ3n) is 4.02. The first kappa shape index (κ1) is 16.3. The largest absolute Gasteiger partial charge is 0.274 e. The van der Waals surface area contributed by atoms with Crippen molar-refractivity contribution in [2.45, 2.75) is 31.4 Å². The van der Waals surface area contributed by atoms with Crippen molar-refractivity contribution in [1.29, 1.82) is 0 Å². The number of hydrogen-bond acceptors (Lipinski definition) is 4. The second-order valence-electron chi connectivity index (χ2n) is 5.96. The van der Waals surface area contributed by atoms with Crippen LogP contribution in [0.4, 0.5) is 5.69 Å². The summed E-state index contributed by atoms with van der Waals surface area (Å²) in [6.07, 6.45) is 0.309. The molecule has 5 heteroatoms. The molecule has 1 fully saturated rings. The van der Waals surface area contributed by atoms with E-state index in [1.54, 1.807) is 23.1 Å². The molecule has 1 aliphatic rings. The summed E-state index contributed by atoms with van der Waals surface area (Å²) in [5, 5.41) is 2.02. The summed E-state index contributed by atoms with van der Waals surface area (Å²) in [6.45, 7) is 5.95. The van der Waals surface area contributed by atoms with Gasteiger partial charge in [-0.15, -0.1) is 23.1 Å². The van der Waals surface area contributed by atoms with Crippen LogP contribution in [0.15, 0.2) is 33.9 Å². The molecule has 0 bridgehead atoms. The van der Waals surface area contributed by atoms with Gasteiger partial charge in [0.1, 0.15) is 0 Å². The Balaban J connectivity index is 1.82. The molecule has 0 aliphatic carbocycles. The first-order chi connectivity index (χ1) is 11.0. The molecule has 1 aliphatic heterocycles. The van der Waals surface area contributed by atoms with Crippen molar-refractivity contribution in [2.75, 3.05) is 10.7 Å². The lowest BCUT2D eigenvalue weighted by Gasteiger charge is -2.20. The summed E-state index contributed by atoms with van der Waals surface area (Å²) in [7, 11) is 0. The van der Waals surface area contributed by atoms with Gasteiger partial charge in [0, 0.05) is 12.2 Å². The number of benzene rings is 1. The molecule has 1 aromatic heterocycles. The molecular formula is C18H19NO2S2. The first-order valence-corrected chi connectivity index (χ1v) is 9.45. The van der Waals surface area contributed by atoms with Gasteiger partial charge in [-0.25, -0.2) is 4.90 Å². The van der Waals surface area contributed by atoms with E-state index >= 15 is 0 Å². The molecule has 0 N–H and O–H groups in total. The normalized spacial score (nSPS) is 18.0. The predicted molar refractivity (Wildman–Crippen MR) is 96.3 cm³/mol. The summed E-state index contributed by atoms with van der Waals surface area (Å²) in [5.74, 6) is 0.289. The topological polar surface area (TPSA) is 37.4 Å². The maximum absolute atomic E-state index is 12.8. The Bertz CT molecular complexity index is 729. The van der Waals surface area contributed by atoms with E-state index in [-0.39, 0.29) is 17.7 Å². The van der Waals surface area contributed by atoms with E-state index in [1.807, 2.05) is 50.4 Å². The van der Waals surface area contributed by atoms with Gasteiger partial charge in [-0.05, 0) is 43.3 Å². The standard InChI is InChI=1S/C18H19NO2S2/c1-11-7-12(2)17(13(3)8-11)19-15(20)9-14(18(19)21)10-23-16-5-4-6-22-16/h4-8,14H,9-10H2,1-3H3/t14-/m1/s1. The van der Waals surface area contributed by atoms with Crippen LogP contribution in [0.1, 0.15) is 23.1 Å². The Hall–Kier alpha value is -1.59. The van der Waals surface area contributed by atoms with E-state index in [1.165, 1.54) is 9.11 Å². The lowest BCUT2D eigenvalue weighted by molar-refractivity contribution is -0.122. The number of carbonyl (C=O) groups is 2. The summed E-state index contributed by atoms with van der Waals surface area (Å²) in [5.41, 5.74) is 3.88. The van der Waals surface area contributed by atoms with Gasteiger partial charge in [0.25, 0.3) is 0 Å². The van der Waals surface area contributed by atoms with Crippen molar-refractivity contribution >= 4 is 40.6 Å². The molecule has 0 spiro atoms. The second kappa shape index (κ2) is 6.49. The minimum Gasteiger partial charge on any atom is -0.274 e. The number of hydrogen-bond donors (Lipinski definition) is 0. The van der Waals surface area contributed by atoms with Crippen molar-refractivity contribution in [3.63, 3.8) is 0 Å². The van der Waals surface area contributed by atoms with Crippen molar-refractivity contribution in [3.8, 4) is 0 Å². The zero-order chi connectivity index (χ0) is 16.6. The molecule has 2 amide bonds. The Labute approximate surface area is 144 Å². The highest BCUT2D eigenvalue weighted by atomic mass is 32.2. The molecule has 3 rings (SSSR count). The quantitative estimate of drug-likeness (QED) is 0.611. The number of imide groups is 1. The number of thiophene rings is 1. The van der Waals surface area contributed by atoms with Crippen LogP contribution in [0.3, 0.4) is 0 Å². The summed E-state index contributed by atoms with van der Waals surface area (Å²) in [6, 6.07) is 8.09. The zero-order valence-corrected chi connectivity index (χ0v) is 15.1. The van der Waals surface area contributed by atoms with Gasteiger partial charge in [0.15, 0.2) is 0 Å². The van der Waals surface area contributed by atoms with Gasteiger partial charge in [-0.1, -0.05) is 23.8 Å². The third kappa shape index (κ3) is 3.21. The SMILES string of the molecule is Cc1cc(C)c(N2C(=O)C[C@H](CSc3cccs3)C2=O)c(C)c1. The molecule has 120 valence electrons. The predicted octanol–water partition coefficient (Wildman–Crippen LogP) is 4.35. The number of nitrogens with zero attached hydrogens (tertiary/aromatic N) is 1. The minimum absolute atomic E-state index is 0.0610. The number of rotatable bonds is 4. The Morgan fingerprint density at radius 3 is 2.52 bits per heavy atom. The average molecular weight is 345 g/mol. The van der Waals surface area contributed by atoms with Gasteiger partial charge in [0.05, 0.1) is 15.8 Å². The monoisotopic (exact) mass is 345 g/mol. The molecular weight excluding hydrogens is 326 g/mol. The van der Waals surface area contributed by atoms with Crippen LogP contribution in [0.25, 0.3) is 0 Å². The molecule has 0 radical (unpaired) electrons. The van der Waals surface area contributed by atoms with Crippen molar-refractivity contribution in [2.24, 2.45) is 5.92 Å². The van der Waals surface area contributed by atoms with Crippen LogP contribution >= 0.6 is 23.1 Å². The van der Waals surface area contributed by atoms with Crippen molar-refractivity contribution in [1.82, 2.24) is 0 Å². The van der Waals surface area contributed by atoms with Crippen molar-refractivity contribution in [3.05, 3.63) is 46.3 Å². The smallest absolute Gasteiger partial charge is 0.238 e. The molecule has 3 nitrogen and oxygen atoms in total. The summed E-state index contributed by atoms with van der Waals surface area (Å²) >= 11 is 3.32. The van der Waals surface area contributed by atoms with Gasteiger partial charge < -0.3 is 0 Å². The molecule has 2 heterocycles. The van der Waals surface area contributed by atoms with E-state index in [9.17, 15) is 9.59 Å². The van der Waals surface area contributed by atoms with Crippen LogP contribution in [-0.4, -0.2) is 17.6 Å². The molecule has 0 unspecified atom stereocenters. The van der Waals surface area contributed by atoms with Crippen LogP contribution in [-0.2, 0) is 9.59 Å². The Kier molecular flexibility index (Phi) is 4.60. The number of thioether (sulfide) groups is 1.